The van der Waals surface area contributed by atoms with E-state index in [1.54, 1.807) is 6.07 Å². The van der Waals surface area contributed by atoms with Gasteiger partial charge in [0.1, 0.15) is 5.75 Å². The second-order valence-corrected chi connectivity index (χ2v) is 7.09. The second-order valence-electron chi connectivity index (χ2n) is 6.15. The van der Waals surface area contributed by atoms with E-state index in [0.717, 1.165) is 11.3 Å². The molecule has 0 aliphatic rings. The van der Waals surface area contributed by atoms with Gasteiger partial charge in [-0.25, -0.2) is 0 Å². The van der Waals surface area contributed by atoms with Crippen molar-refractivity contribution < 1.29 is 14.5 Å². The number of aromatic nitrogens is 3. The van der Waals surface area contributed by atoms with Gasteiger partial charge in [0.25, 0.3) is 5.69 Å². The molecule has 3 aromatic rings. The van der Waals surface area contributed by atoms with Crippen LogP contribution in [0.15, 0.2) is 53.7 Å². The molecule has 0 radical (unpaired) electrons. The van der Waals surface area contributed by atoms with E-state index in [-0.39, 0.29) is 17.3 Å². The molecular formula is C20H21N5O4S. The summed E-state index contributed by atoms with van der Waals surface area (Å²) in [6.07, 6.45) is 0. The maximum atomic E-state index is 12.3. The molecule has 0 aliphatic heterocycles. The molecule has 10 heteroatoms. The van der Waals surface area contributed by atoms with Gasteiger partial charge in [-0.05, 0) is 44.2 Å². The number of non-ortho nitro benzene ring substituents is 1. The first kappa shape index (κ1) is 21.3. The number of nitrogens with one attached hydrogen (secondary N) is 1. The fourth-order valence-electron chi connectivity index (χ4n) is 2.79. The quantitative estimate of drug-likeness (QED) is 0.312. The lowest BCUT2D eigenvalue weighted by molar-refractivity contribution is -0.384. The molecule has 0 unspecified atom stereocenters. The Kier molecular flexibility index (Phi) is 7.02. The van der Waals surface area contributed by atoms with Gasteiger partial charge in [-0.15, -0.1) is 10.2 Å². The summed E-state index contributed by atoms with van der Waals surface area (Å²) in [6, 6.07) is 13.4. The van der Waals surface area contributed by atoms with Crippen LogP contribution >= 0.6 is 11.8 Å². The van der Waals surface area contributed by atoms with Gasteiger partial charge < -0.3 is 14.6 Å². The Labute approximate surface area is 177 Å². The summed E-state index contributed by atoms with van der Waals surface area (Å²) in [7, 11) is 0. The van der Waals surface area contributed by atoms with Gasteiger partial charge in [0.05, 0.1) is 17.3 Å². The first-order valence-corrected chi connectivity index (χ1v) is 10.3. The predicted octanol–water partition coefficient (Wildman–Crippen LogP) is 4.00. The number of ether oxygens (including phenoxy) is 1. The van der Waals surface area contributed by atoms with E-state index in [9.17, 15) is 14.9 Å². The molecule has 30 heavy (non-hydrogen) atoms. The van der Waals surface area contributed by atoms with Gasteiger partial charge in [-0.2, -0.15) is 0 Å². The number of carbonyl (C=O) groups excluding carboxylic acids is 1. The number of nitro benzene ring substituents is 1. The number of hydrogen-bond donors (Lipinski definition) is 1. The van der Waals surface area contributed by atoms with Crippen LogP contribution in [0.25, 0.3) is 11.4 Å². The zero-order valence-corrected chi connectivity index (χ0v) is 17.4. The molecule has 1 aromatic heterocycles. The molecule has 0 aliphatic carbocycles. The number of nitro groups is 1. The Morgan fingerprint density at radius 2 is 1.97 bits per heavy atom. The fraction of sp³-hybridized carbons (Fsp3) is 0.250. The van der Waals surface area contributed by atoms with E-state index >= 15 is 0 Å². The minimum Gasteiger partial charge on any atom is -0.494 e. The molecular weight excluding hydrogens is 406 g/mol. The zero-order valence-electron chi connectivity index (χ0n) is 16.6. The maximum Gasteiger partial charge on any atom is 0.271 e. The third kappa shape index (κ3) is 5.15. The summed E-state index contributed by atoms with van der Waals surface area (Å²) < 4.78 is 7.40. The smallest absolute Gasteiger partial charge is 0.271 e. The Bertz CT molecular complexity index is 1040. The van der Waals surface area contributed by atoms with Crippen molar-refractivity contribution in [3.63, 3.8) is 0 Å². The van der Waals surface area contributed by atoms with Crippen LogP contribution in [0.2, 0.25) is 0 Å². The lowest BCUT2D eigenvalue weighted by Crippen LogP contribution is -2.14. The first-order valence-electron chi connectivity index (χ1n) is 9.35. The van der Waals surface area contributed by atoms with Gasteiger partial charge >= 0.3 is 0 Å². The zero-order chi connectivity index (χ0) is 21.5. The van der Waals surface area contributed by atoms with Gasteiger partial charge in [-0.1, -0.05) is 17.8 Å². The molecule has 2 aromatic carbocycles. The van der Waals surface area contributed by atoms with Crippen LogP contribution in [0.3, 0.4) is 0 Å². The molecule has 1 N–H and O–H groups in total. The molecule has 3 rings (SSSR count). The average molecular weight is 427 g/mol. The highest BCUT2D eigenvalue weighted by molar-refractivity contribution is 7.99. The number of amides is 1. The van der Waals surface area contributed by atoms with Crippen LogP contribution < -0.4 is 10.1 Å². The van der Waals surface area contributed by atoms with Gasteiger partial charge in [0.15, 0.2) is 11.0 Å². The molecule has 0 saturated carbocycles. The lowest BCUT2D eigenvalue weighted by Gasteiger charge is -2.09. The third-order valence-electron chi connectivity index (χ3n) is 4.13. The van der Waals surface area contributed by atoms with Crippen LogP contribution in [0.5, 0.6) is 5.75 Å². The molecule has 0 atom stereocenters. The number of nitrogens with zero attached hydrogens (tertiary/aromatic N) is 4. The molecule has 1 heterocycles. The van der Waals surface area contributed by atoms with Crippen molar-refractivity contribution >= 4 is 29.0 Å². The summed E-state index contributed by atoms with van der Waals surface area (Å²) in [4.78, 5) is 22.6. The third-order valence-corrected chi connectivity index (χ3v) is 5.10. The molecule has 156 valence electrons. The van der Waals surface area contributed by atoms with E-state index in [1.165, 1.54) is 30.0 Å². The number of thioether (sulfide) groups is 1. The van der Waals surface area contributed by atoms with E-state index in [2.05, 4.69) is 15.5 Å². The topological polar surface area (TPSA) is 112 Å². The summed E-state index contributed by atoms with van der Waals surface area (Å²) in [5, 5.41) is 22.6. The standard InChI is InChI=1S/C20H21N5O4S/c1-3-24-19(14-8-10-17(11-9-14)29-4-2)22-23-20(24)30-13-18(26)21-15-6-5-7-16(12-15)25(27)28/h5-12H,3-4,13H2,1-2H3,(H,21,26). The average Bonchev–Trinajstić information content (AvgIpc) is 3.16. The summed E-state index contributed by atoms with van der Waals surface area (Å²) >= 11 is 1.26. The molecule has 0 spiro atoms. The van der Waals surface area contributed by atoms with Crippen molar-refractivity contribution in [1.82, 2.24) is 14.8 Å². The van der Waals surface area contributed by atoms with Crippen LogP contribution in [-0.2, 0) is 11.3 Å². The Morgan fingerprint density at radius 1 is 1.20 bits per heavy atom. The van der Waals surface area contributed by atoms with Crippen molar-refractivity contribution in [3.8, 4) is 17.1 Å². The highest BCUT2D eigenvalue weighted by Crippen LogP contribution is 2.26. The molecule has 9 nitrogen and oxygen atoms in total. The Morgan fingerprint density at radius 3 is 2.63 bits per heavy atom. The number of rotatable bonds is 9. The highest BCUT2D eigenvalue weighted by atomic mass is 32.2. The Balaban J connectivity index is 1.66. The number of carbonyl (C=O) groups is 1. The molecule has 0 saturated heterocycles. The summed E-state index contributed by atoms with van der Waals surface area (Å²) in [6.45, 7) is 5.16. The van der Waals surface area contributed by atoms with Crippen LogP contribution in [0.4, 0.5) is 11.4 Å². The molecule has 1 amide bonds. The molecule has 0 fully saturated rings. The fourth-order valence-corrected chi connectivity index (χ4v) is 3.59. The minimum absolute atomic E-state index is 0.0776. The molecule has 0 bridgehead atoms. The SMILES string of the molecule is CCOc1ccc(-c2nnc(SCC(=O)Nc3cccc([N+](=O)[O-])c3)n2CC)cc1. The van der Waals surface area contributed by atoms with Gasteiger partial charge in [0, 0.05) is 29.9 Å². The number of anilines is 1. The van der Waals surface area contributed by atoms with E-state index in [1.807, 2.05) is 42.7 Å². The van der Waals surface area contributed by atoms with Gasteiger partial charge in [0.2, 0.25) is 5.91 Å². The Hall–Kier alpha value is -3.40. The monoisotopic (exact) mass is 427 g/mol. The van der Waals surface area contributed by atoms with E-state index < -0.39 is 4.92 Å². The maximum absolute atomic E-state index is 12.3. The largest absolute Gasteiger partial charge is 0.494 e. The van der Waals surface area contributed by atoms with Crippen molar-refractivity contribution in [3.05, 3.63) is 58.6 Å². The predicted molar refractivity (Wildman–Crippen MR) is 115 cm³/mol. The van der Waals surface area contributed by atoms with E-state index in [0.29, 0.717) is 29.8 Å². The second kappa shape index (κ2) is 9.88. The van der Waals surface area contributed by atoms with Gasteiger partial charge in [-0.3, -0.25) is 14.9 Å². The first-order chi connectivity index (χ1) is 14.5. The minimum atomic E-state index is -0.503. The summed E-state index contributed by atoms with van der Waals surface area (Å²) in [5.41, 5.74) is 1.20. The van der Waals surface area contributed by atoms with Crippen LogP contribution in [0.1, 0.15) is 13.8 Å². The summed E-state index contributed by atoms with van der Waals surface area (Å²) in [5.74, 6) is 1.32. The van der Waals surface area contributed by atoms with Crippen LogP contribution in [0, 0.1) is 10.1 Å². The van der Waals surface area contributed by atoms with Crippen molar-refractivity contribution in [1.29, 1.82) is 0 Å². The van der Waals surface area contributed by atoms with Crippen molar-refractivity contribution in [2.24, 2.45) is 0 Å². The van der Waals surface area contributed by atoms with Crippen molar-refractivity contribution in [2.45, 2.75) is 25.5 Å². The lowest BCUT2D eigenvalue weighted by atomic mass is 10.2. The number of hydrogen-bond acceptors (Lipinski definition) is 7. The van der Waals surface area contributed by atoms with E-state index in [4.69, 9.17) is 4.74 Å². The van der Waals surface area contributed by atoms with Crippen molar-refractivity contribution in [2.75, 3.05) is 17.7 Å². The van der Waals surface area contributed by atoms with Crippen LogP contribution in [-0.4, -0.2) is 38.0 Å². The highest BCUT2D eigenvalue weighted by Gasteiger charge is 2.15. The normalized spacial score (nSPS) is 10.6. The number of benzene rings is 2.